The molecule has 4 N–H and O–H groups in total. The zero-order chi connectivity index (χ0) is 32.7. The molecule has 0 saturated heterocycles. The van der Waals surface area contributed by atoms with E-state index in [2.05, 4.69) is 47.0 Å². The van der Waals surface area contributed by atoms with Crippen LogP contribution in [-0.4, -0.2) is 24.0 Å². The van der Waals surface area contributed by atoms with Gasteiger partial charge in [0.15, 0.2) is 0 Å². The topological polar surface area (TPSA) is 114 Å². The van der Waals surface area contributed by atoms with E-state index in [1.165, 1.54) is 6.92 Å². The van der Waals surface area contributed by atoms with Gasteiger partial charge in [-0.15, -0.1) is 0 Å². The van der Waals surface area contributed by atoms with Crippen molar-refractivity contribution in [2.75, 3.05) is 23.1 Å². The van der Waals surface area contributed by atoms with Gasteiger partial charge in [-0.05, 0) is 59.9 Å². The lowest BCUT2D eigenvalue weighted by Gasteiger charge is -2.24. The van der Waals surface area contributed by atoms with Crippen molar-refractivity contribution in [1.29, 1.82) is 0 Å². The Hall–Kier alpha value is -5.57. The smallest absolute Gasteiger partial charge is 0.323 e. The summed E-state index contributed by atoms with van der Waals surface area (Å²) >= 11 is 0. The number of pyridine rings is 1. The van der Waals surface area contributed by atoms with Crippen LogP contribution in [0, 0.1) is 0 Å². The van der Waals surface area contributed by atoms with Crippen molar-refractivity contribution < 1.29 is 19.1 Å². The maximum atomic E-state index is 13.5. The average Bonchev–Trinajstić information content (AvgIpc) is 3.28. The first-order valence-corrected chi connectivity index (χ1v) is 15.1. The Morgan fingerprint density at radius 1 is 0.891 bits per heavy atom. The van der Waals surface area contributed by atoms with Crippen molar-refractivity contribution in [1.82, 2.24) is 10.3 Å². The van der Waals surface area contributed by atoms with Crippen LogP contribution in [0.1, 0.15) is 56.4 Å². The van der Waals surface area contributed by atoms with Crippen molar-refractivity contribution >= 4 is 47.0 Å². The van der Waals surface area contributed by atoms with Gasteiger partial charge in [-0.1, -0.05) is 63.3 Å². The Morgan fingerprint density at radius 2 is 1.63 bits per heavy atom. The summed E-state index contributed by atoms with van der Waals surface area (Å²) in [6, 6.07) is 20.6. The number of fused-ring (bicyclic) bond motifs is 1. The first-order chi connectivity index (χ1) is 22.1. The van der Waals surface area contributed by atoms with E-state index in [1.54, 1.807) is 19.4 Å². The molecule has 46 heavy (non-hydrogen) atoms. The number of carbonyl (C=O) groups excluding carboxylic acids is 2. The molecule has 0 aliphatic heterocycles. The van der Waals surface area contributed by atoms with Crippen LogP contribution in [0.3, 0.4) is 0 Å². The summed E-state index contributed by atoms with van der Waals surface area (Å²) in [7, 11) is 1.55. The van der Waals surface area contributed by atoms with Gasteiger partial charge in [0.1, 0.15) is 23.1 Å². The van der Waals surface area contributed by atoms with Gasteiger partial charge in [0.25, 0.3) is 0 Å². The van der Waals surface area contributed by atoms with E-state index in [0.717, 1.165) is 34.4 Å². The van der Waals surface area contributed by atoms with Gasteiger partial charge in [0, 0.05) is 48.1 Å². The van der Waals surface area contributed by atoms with E-state index in [1.807, 2.05) is 85.0 Å². The molecular weight excluding hydrogens is 578 g/mol. The molecule has 1 aromatic heterocycles. The van der Waals surface area contributed by atoms with E-state index in [-0.39, 0.29) is 17.9 Å². The number of hydrogen-bond acceptors (Lipinski definition) is 6. The molecule has 1 heterocycles. The van der Waals surface area contributed by atoms with Gasteiger partial charge in [0.2, 0.25) is 5.91 Å². The molecule has 1 aliphatic rings. The number of aromatic nitrogens is 1. The van der Waals surface area contributed by atoms with Gasteiger partial charge in [-0.2, -0.15) is 0 Å². The number of ether oxygens (including phenoxy) is 2. The van der Waals surface area contributed by atoms with E-state index >= 15 is 0 Å². The fraction of sp³-hybridized carbons (Fsp3) is 0.216. The van der Waals surface area contributed by atoms with Crippen LogP contribution >= 0.6 is 0 Å². The third-order valence-corrected chi connectivity index (χ3v) is 7.35. The van der Waals surface area contributed by atoms with E-state index in [4.69, 9.17) is 9.47 Å². The van der Waals surface area contributed by atoms with Crippen LogP contribution in [0.4, 0.5) is 27.7 Å². The molecule has 9 heteroatoms. The highest BCUT2D eigenvalue weighted by molar-refractivity contribution is 6.03. The van der Waals surface area contributed by atoms with Gasteiger partial charge in [0.05, 0.1) is 18.5 Å². The maximum Gasteiger partial charge on any atom is 0.323 e. The summed E-state index contributed by atoms with van der Waals surface area (Å²) in [5.41, 5.74) is 5.26. The predicted octanol–water partition coefficient (Wildman–Crippen LogP) is 8.63. The number of nitrogens with one attached hydrogen (secondary N) is 4. The monoisotopic (exact) mass is 617 g/mol. The number of hydrogen-bond donors (Lipinski definition) is 4. The normalized spacial score (nSPS) is 12.0. The van der Waals surface area contributed by atoms with Gasteiger partial charge >= 0.3 is 6.03 Å². The molecule has 0 unspecified atom stereocenters. The Bertz CT molecular complexity index is 1790. The molecule has 5 rings (SSSR count). The van der Waals surface area contributed by atoms with Crippen LogP contribution < -0.4 is 30.7 Å². The second-order valence-corrected chi connectivity index (χ2v) is 11.9. The second-order valence-electron chi connectivity index (χ2n) is 11.9. The third kappa shape index (κ3) is 7.92. The third-order valence-electron chi connectivity index (χ3n) is 7.35. The van der Waals surface area contributed by atoms with E-state index < -0.39 is 6.03 Å². The largest absolute Gasteiger partial charge is 0.494 e. The number of urea groups is 1. The lowest BCUT2D eigenvalue weighted by atomic mass is 9.85. The number of rotatable bonds is 9. The molecule has 9 nitrogen and oxygen atoms in total. The van der Waals surface area contributed by atoms with Crippen molar-refractivity contribution in [2.45, 2.75) is 46.1 Å². The molecule has 0 bridgehead atoms. The number of benzene rings is 3. The molecule has 236 valence electrons. The minimum absolute atomic E-state index is 0.154. The number of allylic oxidation sites excluding steroid dienone is 2. The summed E-state index contributed by atoms with van der Waals surface area (Å²) < 4.78 is 12.1. The molecule has 0 fully saturated rings. The number of amides is 3. The zero-order valence-electron chi connectivity index (χ0n) is 26.7. The Balaban J connectivity index is 1.40. The Kier molecular flexibility index (Phi) is 9.71. The Labute approximate surface area is 269 Å². The van der Waals surface area contributed by atoms with E-state index in [9.17, 15) is 9.59 Å². The SMILES string of the molecule is COc1c(CNC(C)=O)cc(C(C)(C)C)cc1NC(=O)Nc1ccc(Oc2ccnc(Nc3ccccc3)c2)c2c1C=CCC=C2. The number of carbonyl (C=O) groups is 2. The zero-order valence-corrected chi connectivity index (χ0v) is 26.7. The minimum Gasteiger partial charge on any atom is -0.494 e. The lowest BCUT2D eigenvalue weighted by Crippen LogP contribution is -2.23. The van der Waals surface area contributed by atoms with Crippen molar-refractivity contribution in [3.8, 4) is 17.2 Å². The fourth-order valence-electron chi connectivity index (χ4n) is 5.04. The summed E-state index contributed by atoms with van der Waals surface area (Å²) in [6.07, 6.45) is 10.5. The summed E-state index contributed by atoms with van der Waals surface area (Å²) in [6.45, 7) is 8.00. The van der Waals surface area contributed by atoms with Crippen LogP contribution in [0.25, 0.3) is 12.2 Å². The van der Waals surface area contributed by atoms with Crippen molar-refractivity contribution in [3.63, 3.8) is 0 Å². The Morgan fingerprint density at radius 3 is 2.35 bits per heavy atom. The molecule has 3 amide bonds. The summed E-state index contributed by atoms with van der Waals surface area (Å²) in [5, 5.41) is 12.1. The average molecular weight is 618 g/mol. The molecule has 0 spiro atoms. The van der Waals surface area contributed by atoms with Crippen LogP contribution in [0.5, 0.6) is 17.2 Å². The number of nitrogens with zero attached hydrogens (tertiary/aromatic N) is 1. The van der Waals surface area contributed by atoms with Crippen molar-refractivity contribution in [2.24, 2.45) is 0 Å². The fourth-order valence-corrected chi connectivity index (χ4v) is 5.04. The first kappa shape index (κ1) is 31.8. The number of para-hydroxylation sites is 1. The van der Waals surface area contributed by atoms with Crippen LogP contribution in [-0.2, 0) is 16.8 Å². The highest BCUT2D eigenvalue weighted by Crippen LogP contribution is 2.38. The van der Waals surface area contributed by atoms with E-state index in [0.29, 0.717) is 34.4 Å². The quantitative estimate of drug-likeness (QED) is 0.150. The molecular formula is C37H39N5O4. The van der Waals surface area contributed by atoms with Gasteiger partial charge < -0.3 is 30.7 Å². The molecule has 0 saturated carbocycles. The molecule has 0 radical (unpaired) electrons. The molecule has 0 atom stereocenters. The maximum absolute atomic E-state index is 13.5. The highest BCUT2D eigenvalue weighted by Gasteiger charge is 2.22. The minimum atomic E-state index is -0.432. The highest BCUT2D eigenvalue weighted by atomic mass is 16.5. The van der Waals surface area contributed by atoms with Gasteiger partial charge in [-0.25, -0.2) is 9.78 Å². The number of anilines is 4. The van der Waals surface area contributed by atoms with Crippen LogP contribution in [0.2, 0.25) is 0 Å². The van der Waals surface area contributed by atoms with Crippen LogP contribution in [0.15, 0.2) is 85.1 Å². The molecule has 3 aromatic carbocycles. The first-order valence-electron chi connectivity index (χ1n) is 15.1. The second kappa shape index (κ2) is 14.0. The summed E-state index contributed by atoms with van der Waals surface area (Å²) in [5.74, 6) is 2.26. The van der Waals surface area contributed by atoms with Crippen molar-refractivity contribution in [3.05, 3.63) is 107 Å². The lowest BCUT2D eigenvalue weighted by molar-refractivity contribution is -0.119. The number of methoxy groups -OCH3 is 1. The molecule has 4 aromatic rings. The summed E-state index contributed by atoms with van der Waals surface area (Å²) in [4.78, 5) is 29.6. The predicted molar refractivity (Wildman–Crippen MR) is 185 cm³/mol. The van der Waals surface area contributed by atoms with Gasteiger partial charge in [-0.3, -0.25) is 4.79 Å². The molecule has 1 aliphatic carbocycles. The standard InChI is InChI=1S/C37H39N5O4/c1-24(43)39-23-25-20-26(37(2,3)4)21-32(35(25)45-5)42-36(44)41-31-16-17-33(30-15-11-7-10-14-29(30)31)46-28-18-19-38-34(22-28)40-27-12-8-6-9-13-27/h6,8-22H,7,23H2,1-5H3,(H,38,40)(H,39,43)(H2,41,42,44).